The van der Waals surface area contributed by atoms with E-state index in [4.69, 9.17) is 30.0 Å². The Balaban J connectivity index is 5.74. The highest BCUT2D eigenvalue weighted by molar-refractivity contribution is 5.97. The van der Waals surface area contributed by atoms with E-state index in [1.54, 1.807) is 0 Å². The quantitative estimate of drug-likeness (QED) is 0.0292. The first-order chi connectivity index (χ1) is 33.4. The Bertz CT molecular complexity index is 1720. The molecule has 0 spiro atoms. The van der Waals surface area contributed by atoms with Crippen molar-refractivity contribution in [3.63, 3.8) is 0 Å². The van der Waals surface area contributed by atoms with Gasteiger partial charge in [-0.05, 0) is 105 Å². The molecule has 0 radical (unpaired) electrons. The summed E-state index contributed by atoms with van der Waals surface area (Å²) in [5.41, 5.74) is 16.8. The van der Waals surface area contributed by atoms with E-state index in [2.05, 4.69) is 61.3 Å². The van der Waals surface area contributed by atoms with E-state index < -0.39 is 95.7 Å². The van der Waals surface area contributed by atoms with Crippen LogP contribution in [0.1, 0.15) is 163 Å². The van der Waals surface area contributed by atoms with Crippen LogP contribution in [-0.2, 0) is 43.2 Å². The standard InChI is InChI=1S/C49H85N11O10/c1-7-10-11-12-13-14-15-16-17-29-41(61)53-33(4)42(62)56-38(26-18-21-30-50)47(67)58-36(24-8-2)45(65)54-34(5)43(63)57-39(27-19-22-31-51)48(68)59-37(25-9-3)46(66)55-35(6)44(64)60-40(49(69)70)28-20-23-32-52/h2-3,33-40H,7,10-32,50-52H2,1,4-6H3,(H,53,61)(H,54,65)(H,55,66)(H,56,62)(H,57,63)(H,58,67)(H,59,68)(H,60,64)(H,69,70)/t33-,34-,35-,36-,37-,38-,39-,40-/m0/s1. The van der Waals surface area contributed by atoms with Gasteiger partial charge >= 0.3 is 5.97 Å². The second-order valence-electron chi connectivity index (χ2n) is 17.6. The van der Waals surface area contributed by atoms with Crippen LogP contribution in [0.5, 0.6) is 0 Å². The summed E-state index contributed by atoms with van der Waals surface area (Å²) in [5, 5.41) is 29.9. The second-order valence-corrected chi connectivity index (χ2v) is 17.6. The largest absolute Gasteiger partial charge is 0.480 e. The van der Waals surface area contributed by atoms with E-state index in [1.165, 1.54) is 52.9 Å². The lowest BCUT2D eigenvalue weighted by molar-refractivity contribution is -0.142. The van der Waals surface area contributed by atoms with Gasteiger partial charge in [0, 0.05) is 19.3 Å². The number of hydrogen-bond acceptors (Lipinski definition) is 12. The van der Waals surface area contributed by atoms with Crippen LogP contribution >= 0.6 is 0 Å². The Kier molecular flexibility index (Phi) is 35.8. The Morgan fingerprint density at radius 3 is 1.09 bits per heavy atom. The van der Waals surface area contributed by atoms with E-state index >= 15 is 0 Å². The molecule has 70 heavy (non-hydrogen) atoms. The van der Waals surface area contributed by atoms with Gasteiger partial charge in [-0.25, -0.2) is 4.79 Å². The summed E-state index contributed by atoms with van der Waals surface area (Å²) in [6, 6.07) is -9.78. The molecule has 0 aliphatic carbocycles. The van der Waals surface area contributed by atoms with Gasteiger partial charge in [-0.15, -0.1) is 24.7 Å². The minimum Gasteiger partial charge on any atom is -0.480 e. The molecule has 0 heterocycles. The topological polar surface area (TPSA) is 348 Å². The third kappa shape index (κ3) is 28.7. The van der Waals surface area contributed by atoms with Crippen LogP contribution in [0, 0.1) is 24.7 Å². The van der Waals surface area contributed by atoms with E-state index in [-0.39, 0.29) is 51.0 Å². The summed E-state index contributed by atoms with van der Waals surface area (Å²) in [5.74, 6) is -2.34. The molecule has 15 N–H and O–H groups in total. The highest BCUT2D eigenvalue weighted by atomic mass is 16.4. The summed E-state index contributed by atoms with van der Waals surface area (Å²) in [6.45, 7) is 7.32. The molecule has 0 aliphatic heterocycles. The maximum Gasteiger partial charge on any atom is 0.326 e. The van der Waals surface area contributed by atoms with Crippen molar-refractivity contribution < 1.29 is 48.3 Å². The van der Waals surface area contributed by atoms with E-state index in [0.717, 1.165) is 19.3 Å². The Hall–Kier alpha value is -5.77. The Morgan fingerprint density at radius 2 is 0.729 bits per heavy atom. The number of nitrogens with two attached hydrogens (primary N) is 3. The van der Waals surface area contributed by atoms with Crippen molar-refractivity contribution >= 4 is 53.2 Å². The Labute approximate surface area is 415 Å². The molecular weight excluding hydrogens is 903 g/mol. The smallest absolute Gasteiger partial charge is 0.326 e. The molecule has 0 rings (SSSR count). The zero-order valence-electron chi connectivity index (χ0n) is 42.1. The van der Waals surface area contributed by atoms with E-state index in [9.17, 15) is 48.3 Å². The Morgan fingerprint density at radius 1 is 0.414 bits per heavy atom. The fourth-order valence-corrected chi connectivity index (χ4v) is 7.10. The van der Waals surface area contributed by atoms with Gasteiger partial charge < -0.3 is 64.8 Å². The van der Waals surface area contributed by atoms with Crippen LogP contribution in [0.25, 0.3) is 0 Å². The molecule has 0 aromatic carbocycles. The predicted octanol–water partition coefficient (Wildman–Crippen LogP) is 0.364. The van der Waals surface area contributed by atoms with Crippen LogP contribution in [0.2, 0.25) is 0 Å². The van der Waals surface area contributed by atoms with Crippen LogP contribution < -0.4 is 59.7 Å². The fourth-order valence-electron chi connectivity index (χ4n) is 7.10. The predicted molar refractivity (Wildman–Crippen MR) is 268 cm³/mol. The molecule has 0 fully saturated rings. The number of carbonyl (C=O) groups excluding carboxylic acids is 8. The molecule has 0 bridgehead atoms. The minimum atomic E-state index is -1.37. The minimum absolute atomic E-state index is 0.0635. The third-order valence-corrected chi connectivity index (χ3v) is 11.4. The van der Waals surface area contributed by atoms with Crippen molar-refractivity contribution in [3.05, 3.63) is 0 Å². The number of aliphatic carboxylic acids is 1. The van der Waals surface area contributed by atoms with Crippen LogP contribution in [-0.4, -0.2) is 126 Å². The molecule has 8 atom stereocenters. The number of terminal acetylenes is 2. The second kappa shape index (κ2) is 39.0. The van der Waals surface area contributed by atoms with Crippen molar-refractivity contribution in [2.45, 2.75) is 211 Å². The molecule has 0 saturated heterocycles. The van der Waals surface area contributed by atoms with Gasteiger partial charge in [0.05, 0.1) is 0 Å². The SMILES string of the molecule is C#CC[C@H](NC(=O)[C@H](CCCCN)NC(=O)[C@H](C)NC(=O)[C@H](CC#C)NC(=O)[C@H](CCCCN)NC(=O)[C@H](C)NC(=O)CCCCCCCCCCC)C(=O)N[C@@H](C)C(=O)N[C@@H](CCCCN)C(=O)O. The molecule has 0 aromatic rings. The summed E-state index contributed by atoms with van der Waals surface area (Å²) >= 11 is 0. The lowest BCUT2D eigenvalue weighted by Crippen LogP contribution is -2.59. The zero-order valence-corrected chi connectivity index (χ0v) is 42.1. The average molecular weight is 988 g/mol. The van der Waals surface area contributed by atoms with Gasteiger partial charge in [-0.3, -0.25) is 38.4 Å². The van der Waals surface area contributed by atoms with Crippen molar-refractivity contribution in [1.29, 1.82) is 0 Å². The lowest BCUT2D eigenvalue weighted by atomic mass is 10.1. The summed E-state index contributed by atoms with van der Waals surface area (Å²) in [7, 11) is 0. The van der Waals surface area contributed by atoms with E-state index in [0.29, 0.717) is 58.0 Å². The molecule has 0 aliphatic rings. The van der Waals surface area contributed by atoms with E-state index in [1.807, 2.05) is 0 Å². The third-order valence-electron chi connectivity index (χ3n) is 11.4. The molecule has 8 amide bonds. The van der Waals surface area contributed by atoms with Gasteiger partial charge in [-0.1, -0.05) is 58.3 Å². The lowest BCUT2D eigenvalue weighted by Gasteiger charge is -2.26. The molecule has 21 nitrogen and oxygen atoms in total. The van der Waals surface area contributed by atoms with Crippen LogP contribution in [0.4, 0.5) is 0 Å². The first-order valence-electron chi connectivity index (χ1n) is 25.0. The molecule has 0 saturated carbocycles. The van der Waals surface area contributed by atoms with Gasteiger partial charge in [-0.2, -0.15) is 0 Å². The van der Waals surface area contributed by atoms with Crippen molar-refractivity contribution in [2.75, 3.05) is 19.6 Å². The normalized spacial score (nSPS) is 14.2. The fraction of sp³-hybridized carbons (Fsp3) is 0.735. The maximum absolute atomic E-state index is 13.6. The van der Waals surface area contributed by atoms with Crippen molar-refractivity contribution in [2.24, 2.45) is 17.2 Å². The number of rotatable bonds is 40. The van der Waals surface area contributed by atoms with Gasteiger partial charge in [0.1, 0.15) is 48.3 Å². The summed E-state index contributed by atoms with van der Waals surface area (Å²) in [4.78, 5) is 118. The number of carboxylic acid groups (broad SMARTS) is 1. The maximum atomic E-state index is 13.6. The number of unbranched alkanes of at least 4 members (excludes halogenated alkanes) is 11. The number of hydrogen-bond donors (Lipinski definition) is 12. The summed E-state index contributed by atoms with van der Waals surface area (Å²) in [6.07, 6.45) is 23.8. The highest BCUT2D eigenvalue weighted by Gasteiger charge is 2.32. The molecule has 0 unspecified atom stereocenters. The number of amides is 8. The highest BCUT2D eigenvalue weighted by Crippen LogP contribution is 2.11. The molecular formula is C49H85N11O10. The monoisotopic (exact) mass is 988 g/mol. The zero-order chi connectivity index (χ0) is 52.9. The van der Waals surface area contributed by atoms with Crippen LogP contribution in [0.3, 0.4) is 0 Å². The van der Waals surface area contributed by atoms with Gasteiger partial charge in [0.2, 0.25) is 47.3 Å². The van der Waals surface area contributed by atoms with Gasteiger partial charge in [0.15, 0.2) is 0 Å². The van der Waals surface area contributed by atoms with Gasteiger partial charge in [0.25, 0.3) is 0 Å². The number of nitrogens with one attached hydrogen (secondary N) is 8. The number of carboxylic acids is 1. The summed E-state index contributed by atoms with van der Waals surface area (Å²) < 4.78 is 0. The first kappa shape index (κ1) is 64.2. The molecule has 0 aromatic heterocycles. The van der Waals surface area contributed by atoms with Crippen molar-refractivity contribution in [1.82, 2.24) is 42.5 Å². The molecule has 21 heteroatoms. The number of carbonyl (C=O) groups is 9. The first-order valence-corrected chi connectivity index (χ1v) is 25.0. The van der Waals surface area contributed by atoms with Crippen molar-refractivity contribution in [3.8, 4) is 24.7 Å². The van der Waals surface area contributed by atoms with Crippen LogP contribution in [0.15, 0.2) is 0 Å². The average Bonchev–Trinajstić information content (AvgIpc) is 3.31. The molecule has 396 valence electrons.